The molecule has 0 radical (unpaired) electrons. The Balaban J connectivity index is 1.51. The van der Waals surface area contributed by atoms with Crippen LogP contribution in [0, 0.1) is 0 Å². The summed E-state index contributed by atoms with van der Waals surface area (Å²) in [5.41, 5.74) is 4.90. The second-order valence-corrected chi connectivity index (χ2v) is 8.11. The molecule has 0 aliphatic carbocycles. The molecule has 2 aromatic carbocycles. The number of nitrogens with one attached hydrogen (secondary N) is 3. The van der Waals surface area contributed by atoms with E-state index in [4.69, 9.17) is 16.6 Å². The molecule has 3 N–H and O–H groups in total. The Morgan fingerprint density at radius 2 is 2.03 bits per heavy atom. The first-order valence-corrected chi connectivity index (χ1v) is 10.7. The summed E-state index contributed by atoms with van der Waals surface area (Å²) >= 11 is 6.20. The molecular formula is C23H24ClN5. The molecule has 1 aliphatic heterocycles. The van der Waals surface area contributed by atoms with Gasteiger partial charge in [0, 0.05) is 29.2 Å². The van der Waals surface area contributed by atoms with Crippen molar-refractivity contribution in [3.05, 3.63) is 53.7 Å². The maximum atomic E-state index is 6.20. The predicted molar refractivity (Wildman–Crippen MR) is 121 cm³/mol. The maximum Gasteiger partial charge on any atom is 0.142 e. The largest absolute Gasteiger partial charge is 0.384 e. The SMILES string of the molecule is Clc1ccc2c(NCCC3CCCCN3)c(-c3nc4ccccc4[nH]3)cnc2c1. The third kappa shape index (κ3) is 3.80. The van der Waals surface area contributed by atoms with Crippen LogP contribution >= 0.6 is 11.6 Å². The first kappa shape index (κ1) is 18.4. The quantitative estimate of drug-likeness (QED) is 0.417. The van der Waals surface area contributed by atoms with Gasteiger partial charge in [-0.05, 0) is 56.1 Å². The maximum absolute atomic E-state index is 6.20. The van der Waals surface area contributed by atoms with Crippen molar-refractivity contribution < 1.29 is 0 Å². The summed E-state index contributed by atoms with van der Waals surface area (Å²) in [5.74, 6) is 0.828. The average Bonchev–Trinajstić information content (AvgIpc) is 3.18. The highest BCUT2D eigenvalue weighted by Gasteiger charge is 2.16. The van der Waals surface area contributed by atoms with Crippen LogP contribution in [0.15, 0.2) is 48.7 Å². The number of aromatic amines is 1. The standard InChI is InChI=1S/C23H24ClN5/c24-15-8-9-17-21(13-15)27-14-18(23-28-19-6-1-2-7-20(19)29-23)22(17)26-12-10-16-5-3-4-11-25-16/h1-2,6-9,13-14,16,25H,3-5,10-12H2,(H,26,27)(H,28,29). The minimum Gasteiger partial charge on any atom is -0.384 e. The summed E-state index contributed by atoms with van der Waals surface area (Å²) in [6, 6.07) is 14.5. The summed E-state index contributed by atoms with van der Waals surface area (Å²) in [6.07, 6.45) is 6.84. The van der Waals surface area contributed by atoms with Gasteiger partial charge in [0.15, 0.2) is 0 Å². The Hall–Kier alpha value is -2.63. The van der Waals surface area contributed by atoms with E-state index in [2.05, 4.69) is 20.6 Å². The van der Waals surface area contributed by atoms with Crippen LogP contribution in [0.4, 0.5) is 5.69 Å². The van der Waals surface area contributed by atoms with Crippen molar-refractivity contribution in [1.82, 2.24) is 20.3 Å². The molecule has 1 unspecified atom stereocenters. The highest BCUT2D eigenvalue weighted by atomic mass is 35.5. The highest BCUT2D eigenvalue weighted by molar-refractivity contribution is 6.31. The molecule has 4 aromatic rings. The number of nitrogens with zero attached hydrogens (tertiary/aromatic N) is 2. The molecule has 0 saturated carbocycles. The van der Waals surface area contributed by atoms with Crippen LogP contribution < -0.4 is 10.6 Å². The van der Waals surface area contributed by atoms with Crippen LogP contribution in [0.5, 0.6) is 0 Å². The third-order valence-electron chi connectivity index (χ3n) is 5.68. The highest BCUT2D eigenvalue weighted by Crippen LogP contribution is 2.34. The van der Waals surface area contributed by atoms with Gasteiger partial charge in [0.1, 0.15) is 5.82 Å². The van der Waals surface area contributed by atoms with Gasteiger partial charge in [0.05, 0.1) is 27.8 Å². The van der Waals surface area contributed by atoms with E-state index in [9.17, 15) is 0 Å². The van der Waals surface area contributed by atoms with Crippen molar-refractivity contribution >= 4 is 39.2 Å². The Kier molecular flexibility index (Phi) is 5.08. The molecular weight excluding hydrogens is 382 g/mol. The molecule has 0 amide bonds. The fraction of sp³-hybridized carbons (Fsp3) is 0.304. The zero-order valence-electron chi connectivity index (χ0n) is 16.2. The Bertz CT molecular complexity index is 1110. The van der Waals surface area contributed by atoms with Crippen molar-refractivity contribution in [2.75, 3.05) is 18.4 Å². The zero-order chi connectivity index (χ0) is 19.6. The van der Waals surface area contributed by atoms with Gasteiger partial charge in [-0.15, -0.1) is 0 Å². The lowest BCUT2D eigenvalue weighted by molar-refractivity contribution is 0.389. The van der Waals surface area contributed by atoms with Gasteiger partial charge in [-0.25, -0.2) is 4.98 Å². The van der Waals surface area contributed by atoms with Crippen molar-refractivity contribution in [3.8, 4) is 11.4 Å². The van der Waals surface area contributed by atoms with Gasteiger partial charge in [-0.1, -0.05) is 30.2 Å². The molecule has 29 heavy (non-hydrogen) atoms. The Morgan fingerprint density at radius 1 is 1.10 bits per heavy atom. The third-order valence-corrected chi connectivity index (χ3v) is 5.92. The molecule has 3 heterocycles. The number of rotatable bonds is 5. The molecule has 5 nitrogen and oxygen atoms in total. The number of para-hydroxylation sites is 2. The van der Waals surface area contributed by atoms with E-state index in [1.807, 2.05) is 48.7 Å². The van der Waals surface area contributed by atoms with Gasteiger partial charge < -0.3 is 15.6 Å². The second-order valence-electron chi connectivity index (χ2n) is 7.67. The molecule has 1 saturated heterocycles. The molecule has 0 spiro atoms. The van der Waals surface area contributed by atoms with Crippen LogP contribution in [0.1, 0.15) is 25.7 Å². The van der Waals surface area contributed by atoms with Crippen LogP contribution in [0.3, 0.4) is 0 Å². The first-order valence-electron chi connectivity index (χ1n) is 10.3. The van der Waals surface area contributed by atoms with Crippen LogP contribution in [-0.4, -0.2) is 34.1 Å². The van der Waals surface area contributed by atoms with Crippen molar-refractivity contribution in [1.29, 1.82) is 0 Å². The number of benzene rings is 2. The van der Waals surface area contributed by atoms with E-state index in [1.54, 1.807) is 0 Å². The van der Waals surface area contributed by atoms with E-state index in [0.717, 1.165) is 58.5 Å². The van der Waals surface area contributed by atoms with Gasteiger partial charge in [-0.2, -0.15) is 0 Å². The monoisotopic (exact) mass is 405 g/mol. The van der Waals surface area contributed by atoms with Crippen LogP contribution in [-0.2, 0) is 0 Å². The number of imidazole rings is 1. The molecule has 5 rings (SSSR count). The van der Waals surface area contributed by atoms with Crippen molar-refractivity contribution in [2.45, 2.75) is 31.7 Å². The smallest absolute Gasteiger partial charge is 0.142 e. The normalized spacial score (nSPS) is 17.1. The molecule has 0 bridgehead atoms. The number of aromatic nitrogens is 3. The van der Waals surface area contributed by atoms with Crippen LogP contribution in [0.25, 0.3) is 33.3 Å². The zero-order valence-corrected chi connectivity index (χ0v) is 17.0. The van der Waals surface area contributed by atoms with Gasteiger partial charge >= 0.3 is 0 Å². The van der Waals surface area contributed by atoms with E-state index < -0.39 is 0 Å². The molecule has 2 aromatic heterocycles. The minimum absolute atomic E-state index is 0.591. The molecule has 1 atom stereocenters. The van der Waals surface area contributed by atoms with Gasteiger partial charge in [-0.3, -0.25) is 4.98 Å². The molecule has 6 heteroatoms. The topological polar surface area (TPSA) is 65.6 Å². The summed E-state index contributed by atoms with van der Waals surface area (Å²) in [6.45, 7) is 2.03. The van der Waals surface area contributed by atoms with Gasteiger partial charge in [0.25, 0.3) is 0 Å². The Morgan fingerprint density at radius 3 is 2.90 bits per heavy atom. The van der Waals surface area contributed by atoms with Crippen molar-refractivity contribution in [2.24, 2.45) is 0 Å². The van der Waals surface area contributed by atoms with Crippen LogP contribution in [0.2, 0.25) is 5.02 Å². The number of pyridine rings is 1. The molecule has 1 aliphatic rings. The molecule has 148 valence electrons. The molecule has 1 fully saturated rings. The fourth-order valence-corrected chi connectivity index (χ4v) is 4.33. The summed E-state index contributed by atoms with van der Waals surface area (Å²) in [5, 5.41) is 9.06. The lowest BCUT2D eigenvalue weighted by atomic mass is 10.0. The summed E-state index contributed by atoms with van der Waals surface area (Å²) in [4.78, 5) is 12.9. The summed E-state index contributed by atoms with van der Waals surface area (Å²) < 4.78 is 0. The number of H-pyrrole nitrogens is 1. The first-order chi connectivity index (χ1) is 14.3. The average molecular weight is 406 g/mol. The number of anilines is 1. The van der Waals surface area contributed by atoms with E-state index in [1.165, 1.54) is 19.3 Å². The number of fused-ring (bicyclic) bond motifs is 2. The van der Waals surface area contributed by atoms with E-state index in [0.29, 0.717) is 11.1 Å². The number of halogens is 1. The van der Waals surface area contributed by atoms with Crippen molar-refractivity contribution in [3.63, 3.8) is 0 Å². The second kappa shape index (κ2) is 8.01. The lowest BCUT2D eigenvalue weighted by Gasteiger charge is -2.24. The Labute approximate surface area is 174 Å². The van der Waals surface area contributed by atoms with E-state index in [-0.39, 0.29) is 0 Å². The fourth-order valence-electron chi connectivity index (χ4n) is 4.16. The number of hydrogen-bond donors (Lipinski definition) is 3. The minimum atomic E-state index is 0.591. The lowest BCUT2D eigenvalue weighted by Crippen LogP contribution is -2.35. The number of hydrogen-bond acceptors (Lipinski definition) is 4. The van der Waals surface area contributed by atoms with Gasteiger partial charge in [0.2, 0.25) is 0 Å². The summed E-state index contributed by atoms with van der Waals surface area (Å²) in [7, 11) is 0. The predicted octanol–water partition coefficient (Wildman–Crippen LogP) is 5.38. The number of piperidine rings is 1. The van der Waals surface area contributed by atoms with E-state index >= 15 is 0 Å².